The van der Waals surface area contributed by atoms with Crippen molar-refractivity contribution < 1.29 is 8.83 Å². The molecule has 2 heterocycles. The van der Waals surface area contributed by atoms with Crippen molar-refractivity contribution in [2.24, 2.45) is 0 Å². The van der Waals surface area contributed by atoms with Gasteiger partial charge >= 0.3 is 0 Å². The van der Waals surface area contributed by atoms with Gasteiger partial charge in [-0.1, -0.05) is 141 Å². The highest BCUT2D eigenvalue weighted by Gasteiger charge is 2.36. The highest BCUT2D eigenvalue weighted by Crippen LogP contribution is 2.51. The van der Waals surface area contributed by atoms with Crippen LogP contribution in [0, 0.1) is 0 Å². The first kappa shape index (κ1) is 32.3. The van der Waals surface area contributed by atoms with Crippen LogP contribution in [-0.4, -0.2) is 4.98 Å². The zero-order valence-corrected chi connectivity index (χ0v) is 31.0. The summed E-state index contributed by atoms with van der Waals surface area (Å²) in [7, 11) is 0. The zero-order valence-electron chi connectivity index (χ0n) is 31.0. The Kier molecular flexibility index (Phi) is 7.17. The number of fused-ring (bicyclic) bond motifs is 7. The van der Waals surface area contributed by atoms with Crippen molar-refractivity contribution in [3.8, 4) is 44.8 Å². The highest BCUT2D eigenvalue weighted by atomic mass is 16.4. The van der Waals surface area contributed by atoms with E-state index in [9.17, 15) is 0 Å². The van der Waals surface area contributed by atoms with Gasteiger partial charge in [-0.05, 0) is 81.9 Å². The Balaban J connectivity index is 1.03. The molecule has 0 fully saturated rings. The van der Waals surface area contributed by atoms with Gasteiger partial charge in [0.05, 0.1) is 5.69 Å². The van der Waals surface area contributed by atoms with E-state index < -0.39 is 0 Å². The number of aromatic nitrogens is 1. The number of rotatable bonds is 6. The van der Waals surface area contributed by atoms with Crippen LogP contribution >= 0.6 is 0 Å². The number of anilines is 3. The molecule has 0 radical (unpaired) electrons. The van der Waals surface area contributed by atoms with Crippen molar-refractivity contribution in [1.29, 1.82) is 0 Å². The van der Waals surface area contributed by atoms with Gasteiger partial charge in [-0.15, -0.1) is 0 Å². The number of hydrogen-bond donors (Lipinski definition) is 0. The van der Waals surface area contributed by atoms with Gasteiger partial charge in [0.25, 0.3) is 0 Å². The quantitative estimate of drug-likeness (QED) is 0.171. The third-order valence-electron chi connectivity index (χ3n) is 11.5. The Morgan fingerprint density at radius 1 is 0.446 bits per heavy atom. The number of nitrogens with zero attached hydrogens (tertiary/aromatic N) is 2. The minimum atomic E-state index is -0.121. The standard InChI is InChI=1S/C52H36N2O2/c1-52(2)44-22-11-9-19-40(44)41-29-28-37(30-45(41)52)54(47-23-12-10-18-38(47)33-14-5-3-6-15-33)36-26-24-34(25-27-36)39-20-13-21-42-43-31-46-49(32-48(43)55-50(39)42)56-51(53-46)35-16-7-4-8-17-35/h3-32H,1-2H3. The number of para-hydroxylation sites is 2. The van der Waals surface area contributed by atoms with Crippen LogP contribution in [0.5, 0.6) is 0 Å². The number of furan rings is 1. The molecule has 0 bridgehead atoms. The van der Waals surface area contributed by atoms with Crippen molar-refractivity contribution in [3.05, 3.63) is 193 Å². The Morgan fingerprint density at radius 2 is 1.09 bits per heavy atom. The van der Waals surface area contributed by atoms with Crippen LogP contribution in [0.3, 0.4) is 0 Å². The molecule has 2 aromatic heterocycles. The molecule has 56 heavy (non-hydrogen) atoms. The van der Waals surface area contributed by atoms with Gasteiger partial charge in [-0.2, -0.15) is 0 Å². The molecule has 0 saturated heterocycles. The first-order chi connectivity index (χ1) is 27.5. The fraction of sp³-hybridized carbons (Fsp3) is 0.0577. The average molecular weight is 721 g/mol. The molecular formula is C52H36N2O2. The van der Waals surface area contributed by atoms with Crippen molar-refractivity contribution in [1.82, 2.24) is 4.98 Å². The van der Waals surface area contributed by atoms with Gasteiger partial charge in [-0.25, -0.2) is 4.98 Å². The van der Waals surface area contributed by atoms with E-state index in [4.69, 9.17) is 13.8 Å². The topological polar surface area (TPSA) is 42.4 Å². The summed E-state index contributed by atoms with van der Waals surface area (Å²) in [5, 5.41) is 2.07. The molecular weight excluding hydrogens is 685 g/mol. The third kappa shape index (κ3) is 5.03. The maximum absolute atomic E-state index is 6.63. The molecule has 0 saturated carbocycles. The van der Waals surface area contributed by atoms with Gasteiger partial charge in [0, 0.05) is 50.3 Å². The lowest BCUT2D eigenvalue weighted by atomic mass is 9.82. The average Bonchev–Trinajstić information content (AvgIpc) is 3.91. The summed E-state index contributed by atoms with van der Waals surface area (Å²) in [6.45, 7) is 4.68. The maximum atomic E-state index is 6.63. The molecule has 0 spiro atoms. The molecule has 10 aromatic rings. The van der Waals surface area contributed by atoms with E-state index in [1.807, 2.05) is 36.4 Å². The van der Waals surface area contributed by atoms with Gasteiger partial charge in [-0.3, -0.25) is 0 Å². The minimum absolute atomic E-state index is 0.121. The predicted octanol–water partition coefficient (Wildman–Crippen LogP) is 14.5. The van der Waals surface area contributed by atoms with Crippen LogP contribution in [0.4, 0.5) is 17.1 Å². The summed E-state index contributed by atoms with van der Waals surface area (Å²) in [5.41, 5.74) is 17.1. The van der Waals surface area contributed by atoms with Crippen molar-refractivity contribution >= 4 is 50.1 Å². The molecule has 8 aromatic carbocycles. The van der Waals surface area contributed by atoms with Gasteiger partial charge in [0.15, 0.2) is 5.58 Å². The van der Waals surface area contributed by atoms with Crippen LogP contribution in [0.2, 0.25) is 0 Å². The number of oxazole rings is 1. The maximum Gasteiger partial charge on any atom is 0.227 e. The van der Waals surface area contributed by atoms with Crippen molar-refractivity contribution in [2.45, 2.75) is 19.3 Å². The van der Waals surface area contributed by atoms with E-state index in [1.165, 1.54) is 33.4 Å². The van der Waals surface area contributed by atoms with Crippen LogP contribution in [-0.2, 0) is 5.41 Å². The molecule has 266 valence electrons. The van der Waals surface area contributed by atoms with E-state index in [-0.39, 0.29) is 5.41 Å². The fourth-order valence-corrected chi connectivity index (χ4v) is 8.73. The van der Waals surface area contributed by atoms with Crippen molar-refractivity contribution in [2.75, 3.05) is 4.90 Å². The molecule has 0 N–H and O–H groups in total. The lowest BCUT2D eigenvalue weighted by Gasteiger charge is -2.30. The van der Waals surface area contributed by atoms with E-state index in [0.29, 0.717) is 11.5 Å². The summed E-state index contributed by atoms with van der Waals surface area (Å²) < 4.78 is 12.8. The zero-order chi connectivity index (χ0) is 37.4. The molecule has 0 unspecified atom stereocenters. The largest absolute Gasteiger partial charge is 0.455 e. The van der Waals surface area contributed by atoms with Gasteiger partial charge < -0.3 is 13.7 Å². The van der Waals surface area contributed by atoms with Crippen molar-refractivity contribution in [3.63, 3.8) is 0 Å². The Bertz CT molecular complexity index is 3100. The highest BCUT2D eigenvalue weighted by molar-refractivity contribution is 6.12. The second-order valence-corrected chi connectivity index (χ2v) is 15.2. The smallest absolute Gasteiger partial charge is 0.227 e. The molecule has 4 heteroatoms. The molecule has 0 atom stereocenters. The van der Waals surface area contributed by atoms with Crippen LogP contribution in [0.1, 0.15) is 25.0 Å². The summed E-state index contributed by atoms with van der Waals surface area (Å²) in [5.74, 6) is 0.604. The summed E-state index contributed by atoms with van der Waals surface area (Å²) in [4.78, 5) is 7.23. The molecule has 11 rings (SSSR count). The predicted molar refractivity (Wildman–Crippen MR) is 230 cm³/mol. The van der Waals surface area contributed by atoms with Crippen LogP contribution < -0.4 is 4.90 Å². The third-order valence-corrected chi connectivity index (χ3v) is 11.5. The summed E-state index contributed by atoms with van der Waals surface area (Å²) in [6, 6.07) is 64.4. The second kappa shape index (κ2) is 12.4. The van der Waals surface area contributed by atoms with E-state index >= 15 is 0 Å². The SMILES string of the molecule is CC1(C)c2ccccc2-c2ccc(N(c3ccc(-c4cccc5c4oc4cc6oc(-c7ccccc7)nc6cc45)cc3)c3ccccc3-c3ccccc3)cc21. The van der Waals surface area contributed by atoms with Crippen LogP contribution in [0.15, 0.2) is 191 Å². The summed E-state index contributed by atoms with van der Waals surface area (Å²) >= 11 is 0. The first-order valence-corrected chi connectivity index (χ1v) is 19.1. The lowest BCUT2D eigenvalue weighted by Crippen LogP contribution is -2.16. The van der Waals surface area contributed by atoms with E-state index in [1.54, 1.807) is 0 Å². The van der Waals surface area contributed by atoms with Crippen LogP contribution in [0.25, 0.3) is 77.9 Å². The molecule has 4 nitrogen and oxygen atoms in total. The normalized spacial score (nSPS) is 13.0. The fourth-order valence-electron chi connectivity index (χ4n) is 8.73. The van der Waals surface area contributed by atoms with Gasteiger partial charge in [0.2, 0.25) is 5.89 Å². The van der Waals surface area contributed by atoms with Gasteiger partial charge in [0.1, 0.15) is 16.7 Å². The molecule has 0 amide bonds. The minimum Gasteiger partial charge on any atom is -0.455 e. The molecule has 0 aliphatic heterocycles. The lowest BCUT2D eigenvalue weighted by molar-refractivity contribution is 0.617. The number of benzene rings is 8. The Hall–Kier alpha value is -7.17. The monoisotopic (exact) mass is 720 g/mol. The Morgan fingerprint density at radius 3 is 1.89 bits per heavy atom. The summed E-state index contributed by atoms with van der Waals surface area (Å²) in [6.07, 6.45) is 0. The van der Waals surface area contributed by atoms with E-state index in [2.05, 4.69) is 164 Å². The second-order valence-electron chi connectivity index (χ2n) is 15.2. The number of hydrogen-bond acceptors (Lipinski definition) is 4. The first-order valence-electron chi connectivity index (χ1n) is 19.1. The van der Waals surface area contributed by atoms with E-state index in [0.717, 1.165) is 61.2 Å². The Labute approximate surface area is 324 Å². The molecule has 1 aliphatic rings. The molecule has 1 aliphatic carbocycles.